The first-order valence-electron chi connectivity index (χ1n) is 12.8. The molecule has 0 saturated heterocycles. The first-order chi connectivity index (χ1) is 18.8. The summed E-state index contributed by atoms with van der Waals surface area (Å²) in [7, 11) is 0. The zero-order chi connectivity index (χ0) is 29.8. The molecule has 2 aromatic rings. The van der Waals surface area contributed by atoms with Crippen LogP contribution in [0.25, 0.3) is 0 Å². The Kier molecular flexibility index (Phi) is 9.46. The summed E-state index contributed by atoms with van der Waals surface area (Å²) in [6, 6.07) is 7.94. The number of carbonyl (C=O) groups is 2. The number of nitrogens with zero attached hydrogens (tertiary/aromatic N) is 3. The van der Waals surface area contributed by atoms with Crippen LogP contribution in [0.1, 0.15) is 68.8 Å². The maximum absolute atomic E-state index is 13.5. The van der Waals surface area contributed by atoms with Crippen LogP contribution in [-0.4, -0.2) is 43.9 Å². The Hall–Kier alpha value is -4.06. The standard InChI is InChI=1S/C27H31ClN4O8/c1-5-40-26(35)27(28)20(14-23(33)19-8-6-7-18(15(2)3)25(19)34)16(4)9-12-24(27)30-29-21-11-10-17(31(36)37)13-22(21)32(38)39/h6-8,10-11,13,15-16,20,29,34H,5,9,12,14H2,1-4H3/b30-24+/t16-,20+,27-/m0/s1. The number of anilines is 1. The molecule has 2 aromatic carbocycles. The second-order valence-electron chi connectivity index (χ2n) is 9.97. The summed E-state index contributed by atoms with van der Waals surface area (Å²) in [5.41, 5.74) is 2.16. The first kappa shape index (κ1) is 30.5. The Balaban J connectivity index is 2.03. The average molecular weight is 575 g/mol. The van der Waals surface area contributed by atoms with E-state index in [4.69, 9.17) is 16.3 Å². The van der Waals surface area contributed by atoms with Crippen LogP contribution >= 0.6 is 11.6 Å². The number of nitrogens with one attached hydrogen (secondary N) is 1. The SMILES string of the molecule is CCOC(=O)[C@@]1(Cl)/C(=N/Nc2ccc([N+](=O)[O-])cc2[N+](=O)[O-])CC[C@H](C)[C@H]1CC(=O)c1cccc(C(C)C)c1O. The third-order valence-electron chi connectivity index (χ3n) is 7.12. The van der Waals surface area contributed by atoms with Gasteiger partial charge in [0.05, 0.1) is 33.8 Å². The van der Waals surface area contributed by atoms with E-state index in [1.165, 1.54) is 6.07 Å². The van der Waals surface area contributed by atoms with E-state index in [0.29, 0.717) is 12.0 Å². The molecule has 40 heavy (non-hydrogen) atoms. The highest BCUT2D eigenvalue weighted by molar-refractivity contribution is 6.47. The van der Waals surface area contributed by atoms with Crippen molar-refractivity contribution in [1.82, 2.24) is 0 Å². The molecule has 214 valence electrons. The first-order valence-corrected chi connectivity index (χ1v) is 13.2. The highest BCUT2D eigenvalue weighted by Crippen LogP contribution is 2.45. The number of nitro benzene ring substituents is 2. The molecule has 1 aliphatic carbocycles. The molecule has 0 radical (unpaired) electrons. The van der Waals surface area contributed by atoms with Crippen molar-refractivity contribution in [2.45, 2.75) is 57.7 Å². The van der Waals surface area contributed by atoms with E-state index < -0.39 is 43.8 Å². The van der Waals surface area contributed by atoms with Gasteiger partial charge in [-0.3, -0.25) is 30.4 Å². The van der Waals surface area contributed by atoms with E-state index in [0.717, 1.165) is 18.2 Å². The van der Waals surface area contributed by atoms with E-state index in [-0.39, 0.29) is 54.0 Å². The second-order valence-corrected chi connectivity index (χ2v) is 10.6. The summed E-state index contributed by atoms with van der Waals surface area (Å²) < 4.78 is 5.29. The Morgan fingerprint density at radius 2 is 1.93 bits per heavy atom. The Bertz CT molecular complexity index is 1360. The summed E-state index contributed by atoms with van der Waals surface area (Å²) in [5, 5.41) is 37.6. The van der Waals surface area contributed by atoms with Crippen LogP contribution in [0.3, 0.4) is 0 Å². The lowest BCUT2D eigenvalue weighted by molar-refractivity contribution is -0.393. The molecule has 0 aliphatic heterocycles. The number of phenolic OH excluding ortho intramolecular Hbond substituents is 1. The van der Waals surface area contributed by atoms with Gasteiger partial charge in [-0.2, -0.15) is 5.10 Å². The van der Waals surface area contributed by atoms with Crippen molar-refractivity contribution < 1.29 is 29.3 Å². The minimum atomic E-state index is -1.89. The number of non-ortho nitro benzene ring substituents is 1. The van der Waals surface area contributed by atoms with Gasteiger partial charge in [0, 0.05) is 18.4 Å². The number of alkyl halides is 1. The number of benzene rings is 2. The Morgan fingerprint density at radius 1 is 1.23 bits per heavy atom. The van der Waals surface area contributed by atoms with Crippen molar-refractivity contribution >= 4 is 46.1 Å². The molecular formula is C27H31ClN4O8. The van der Waals surface area contributed by atoms with Crippen LogP contribution in [0.5, 0.6) is 5.75 Å². The molecule has 3 atom stereocenters. The van der Waals surface area contributed by atoms with Gasteiger partial charge < -0.3 is 9.84 Å². The predicted octanol–water partition coefficient (Wildman–Crippen LogP) is 5.96. The summed E-state index contributed by atoms with van der Waals surface area (Å²) in [6.07, 6.45) is 0.512. The maximum Gasteiger partial charge on any atom is 0.333 e. The lowest BCUT2D eigenvalue weighted by Crippen LogP contribution is -2.54. The number of aromatic hydroxyl groups is 1. The van der Waals surface area contributed by atoms with Gasteiger partial charge in [-0.25, -0.2) is 4.79 Å². The molecule has 3 rings (SSSR count). The summed E-state index contributed by atoms with van der Waals surface area (Å²) >= 11 is 7.04. The molecule has 1 fully saturated rings. The number of Topliss-reactive ketones (excluding diaryl/α,β-unsaturated/α-hetero) is 1. The van der Waals surface area contributed by atoms with Gasteiger partial charge in [-0.15, -0.1) is 0 Å². The second kappa shape index (κ2) is 12.4. The van der Waals surface area contributed by atoms with Crippen LogP contribution in [0.4, 0.5) is 17.1 Å². The Labute approximate surface area is 235 Å². The minimum Gasteiger partial charge on any atom is -0.507 e. The molecule has 0 unspecified atom stereocenters. The van der Waals surface area contributed by atoms with Crippen molar-refractivity contribution in [2.75, 3.05) is 12.0 Å². The van der Waals surface area contributed by atoms with Crippen LogP contribution in [0.2, 0.25) is 0 Å². The number of esters is 1. The number of rotatable bonds is 10. The lowest BCUT2D eigenvalue weighted by atomic mass is 9.68. The molecule has 0 spiro atoms. The van der Waals surface area contributed by atoms with Crippen molar-refractivity contribution in [3.8, 4) is 5.75 Å². The topological polar surface area (TPSA) is 174 Å². The number of halogens is 1. The van der Waals surface area contributed by atoms with Crippen molar-refractivity contribution in [3.05, 3.63) is 67.8 Å². The van der Waals surface area contributed by atoms with Crippen molar-refractivity contribution in [1.29, 1.82) is 0 Å². The van der Waals surface area contributed by atoms with Gasteiger partial charge in [0.25, 0.3) is 5.69 Å². The maximum atomic E-state index is 13.5. The van der Waals surface area contributed by atoms with Gasteiger partial charge in [-0.1, -0.05) is 44.5 Å². The predicted molar refractivity (Wildman–Crippen MR) is 149 cm³/mol. The third-order valence-corrected chi connectivity index (χ3v) is 7.77. The summed E-state index contributed by atoms with van der Waals surface area (Å²) in [5.74, 6) is -2.39. The van der Waals surface area contributed by atoms with Crippen LogP contribution in [0.15, 0.2) is 41.5 Å². The summed E-state index contributed by atoms with van der Waals surface area (Å²) in [4.78, 5) is 45.9. The van der Waals surface area contributed by atoms with Crippen LogP contribution < -0.4 is 5.43 Å². The van der Waals surface area contributed by atoms with E-state index >= 15 is 0 Å². The van der Waals surface area contributed by atoms with E-state index in [9.17, 15) is 34.9 Å². The van der Waals surface area contributed by atoms with Crippen LogP contribution in [0, 0.1) is 32.1 Å². The number of hydrogen-bond acceptors (Lipinski definition) is 10. The molecule has 0 heterocycles. The molecule has 1 saturated carbocycles. The molecule has 13 heteroatoms. The third kappa shape index (κ3) is 6.06. The van der Waals surface area contributed by atoms with Gasteiger partial charge in [0.15, 0.2) is 10.7 Å². The van der Waals surface area contributed by atoms with E-state index in [1.807, 2.05) is 20.8 Å². The van der Waals surface area contributed by atoms with Gasteiger partial charge in [-0.05, 0) is 49.3 Å². The molecular weight excluding hydrogens is 544 g/mol. The fourth-order valence-corrected chi connectivity index (χ4v) is 5.39. The zero-order valence-electron chi connectivity index (χ0n) is 22.5. The molecule has 0 aromatic heterocycles. The number of para-hydroxylation sites is 1. The number of ether oxygens (including phenoxy) is 1. The summed E-state index contributed by atoms with van der Waals surface area (Å²) in [6.45, 7) is 7.25. The van der Waals surface area contributed by atoms with Crippen molar-refractivity contribution in [3.63, 3.8) is 0 Å². The van der Waals surface area contributed by atoms with E-state index in [2.05, 4.69) is 10.5 Å². The number of hydrogen-bond donors (Lipinski definition) is 2. The monoisotopic (exact) mass is 574 g/mol. The quantitative estimate of drug-likeness (QED) is 0.114. The number of hydrazone groups is 1. The van der Waals surface area contributed by atoms with E-state index in [1.54, 1.807) is 19.1 Å². The molecule has 0 amide bonds. The zero-order valence-corrected chi connectivity index (χ0v) is 23.3. The number of ketones is 1. The van der Waals surface area contributed by atoms with Crippen LogP contribution in [-0.2, 0) is 9.53 Å². The fraction of sp³-hybridized carbons (Fsp3) is 0.444. The lowest BCUT2D eigenvalue weighted by Gasteiger charge is -2.41. The molecule has 12 nitrogen and oxygen atoms in total. The van der Waals surface area contributed by atoms with Gasteiger partial charge in [0.2, 0.25) is 0 Å². The van der Waals surface area contributed by atoms with Crippen molar-refractivity contribution in [2.24, 2.45) is 16.9 Å². The Morgan fingerprint density at radius 3 is 2.52 bits per heavy atom. The highest BCUT2D eigenvalue weighted by Gasteiger charge is 2.55. The van der Waals surface area contributed by atoms with Gasteiger partial charge in [0.1, 0.15) is 11.4 Å². The highest BCUT2D eigenvalue weighted by atomic mass is 35.5. The molecule has 0 bridgehead atoms. The largest absolute Gasteiger partial charge is 0.507 e. The average Bonchev–Trinajstić information content (AvgIpc) is 2.90. The fourth-order valence-electron chi connectivity index (χ4n) is 4.91. The normalized spacial score (nSPS) is 21.7. The molecule has 1 aliphatic rings. The number of phenols is 1. The smallest absolute Gasteiger partial charge is 0.333 e. The number of carbonyl (C=O) groups excluding carboxylic acids is 2. The minimum absolute atomic E-state index is 0.00804. The number of nitro groups is 2. The van der Waals surface area contributed by atoms with Gasteiger partial charge >= 0.3 is 11.7 Å². The molecule has 2 N–H and O–H groups in total.